The summed E-state index contributed by atoms with van der Waals surface area (Å²) in [6.45, 7) is 3.18. The van der Waals surface area contributed by atoms with Crippen LogP contribution in [0, 0.1) is 0 Å². The SMILES string of the molecule is CC(C)N(CC(=O)O)CC(=O)NC(=O)Nc1ccc2c(c1)OCO2. The number of amides is 3. The molecule has 1 heterocycles. The lowest BCUT2D eigenvalue weighted by molar-refractivity contribution is -0.139. The molecule has 3 amide bonds. The number of fused-ring (bicyclic) bond motifs is 1. The van der Waals surface area contributed by atoms with Crippen LogP contribution in [0.4, 0.5) is 10.5 Å². The summed E-state index contributed by atoms with van der Waals surface area (Å²) in [5.41, 5.74) is 0.441. The fourth-order valence-electron chi connectivity index (χ4n) is 2.08. The fourth-order valence-corrected chi connectivity index (χ4v) is 2.08. The second-order valence-electron chi connectivity index (χ2n) is 5.46. The number of benzene rings is 1. The van der Waals surface area contributed by atoms with Crippen LogP contribution in [0.1, 0.15) is 13.8 Å². The van der Waals surface area contributed by atoms with Gasteiger partial charge in [-0.3, -0.25) is 19.8 Å². The molecule has 9 heteroatoms. The molecular weight excluding hydrogens is 318 g/mol. The van der Waals surface area contributed by atoms with E-state index in [1.165, 1.54) is 4.90 Å². The molecule has 1 aromatic rings. The Labute approximate surface area is 138 Å². The van der Waals surface area contributed by atoms with E-state index in [1.807, 2.05) is 0 Å². The van der Waals surface area contributed by atoms with Crippen molar-refractivity contribution in [2.45, 2.75) is 19.9 Å². The van der Waals surface area contributed by atoms with E-state index < -0.39 is 17.9 Å². The molecule has 9 nitrogen and oxygen atoms in total. The lowest BCUT2D eigenvalue weighted by Crippen LogP contribution is -2.45. The number of nitrogens with zero attached hydrogens (tertiary/aromatic N) is 1. The summed E-state index contributed by atoms with van der Waals surface area (Å²) in [4.78, 5) is 35.9. The number of urea groups is 1. The van der Waals surface area contributed by atoms with Gasteiger partial charge < -0.3 is 19.9 Å². The Morgan fingerprint density at radius 3 is 2.58 bits per heavy atom. The molecule has 3 N–H and O–H groups in total. The molecule has 0 saturated carbocycles. The molecule has 0 aliphatic carbocycles. The van der Waals surface area contributed by atoms with Crippen molar-refractivity contribution in [3.63, 3.8) is 0 Å². The molecule has 1 aliphatic rings. The minimum absolute atomic E-state index is 0.123. The molecule has 0 spiro atoms. The van der Waals surface area contributed by atoms with Crippen molar-refractivity contribution in [3.8, 4) is 11.5 Å². The second-order valence-corrected chi connectivity index (χ2v) is 5.46. The average Bonchev–Trinajstić information content (AvgIpc) is 2.93. The largest absolute Gasteiger partial charge is 0.480 e. The molecule has 0 aromatic heterocycles. The monoisotopic (exact) mass is 337 g/mol. The molecule has 0 unspecified atom stereocenters. The number of carboxylic acids is 1. The summed E-state index contributed by atoms with van der Waals surface area (Å²) in [6, 6.07) is 3.98. The van der Waals surface area contributed by atoms with E-state index >= 15 is 0 Å². The molecule has 0 bridgehead atoms. The van der Waals surface area contributed by atoms with Crippen LogP contribution in [0.15, 0.2) is 18.2 Å². The van der Waals surface area contributed by atoms with E-state index in [-0.39, 0.29) is 25.9 Å². The molecule has 1 aliphatic heterocycles. The maximum atomic E-state index is 11.9. The summed E-state index contributed by atoms with van der Waals surface area (Å²) >= 11 is 0. The van der Waals surface area contributed by atoms with Crippen LogP contribution in [0.2, 0.25) is 0 Å². The Balaban J connectivity index is 1.87. The van der Waals surface area contributed by atoms with Gasteiger partial charge in [-0.2, -0.15) is 0 Å². The van der Waals surface area contributed by atoms with Crippen LogP contribution in [0.3, 0.4) is 0 Å². The standard InChI is InChI=1S/C15H19N3O6/c1-9(2)18(7-14(20)21)6-13(19)17-15(22)16-10-3-4-11-12(5-10)24-8-23-11/h3-5,9H,6-8H2,1-2H3,(H,20,21)(H2,16,17,19,22). The Kier molecular flexibility index (Phi) is 5.59. The number of carbonyl (C=O) groups excluding carboxylic acids is 2. The van der Waals surface area contributed by atoms with Crippen molar-refractivity contribution in [2.24, 2.45) is 0 Å². The van der Waals surface area contributed by atoms with E-state index in [1.54, 1.807) is 32.0 Å². The molecule has 0 radical (unpaired) electrons. The van der Waals surface area contributed by atoms with Crippen molar-refractivity contribution >= 4 is 23.6 Å². The van der Waals surface area contributed by atoms with Crippen molar-refractivity contribution in [1.29, 1.82) is 0 Å². The molecule has 0 saturated heterocycles. The number of nitrogens with one attached hydrogen (secondary N) is 2. The van der Waals surface area contributed by atoms with Crippen molar-refractivity contribution in [1.82, 2.24) is 10.2 Å². The van der Waals surface area contributed by atoms with Crippen molar-refractivity contribution < 1.29 is 29.0 Å². The lowest BCUT2D eigenvalue weighted by Gasteiger charge is -2.23. The summed E-state index contributed by atoms with van der Waals surface area (Å²) in [5.74, 6) is -0.547. The number of hydrogen-bond donors (Lipinski definition) is 3. The third kappa shape index (κ3) is 4.85. The highest BCUT2D eigenvalue weighted by molar-refractivity contribution is 6.02. The first-order valence-corrected chi connectivity index (χ1v) is 7.31. The van der Waals surface area contributed by atoms with Crippen molar-refractivity contribution in [2.75, 3.05) is 25.2 Å². The maximum Gasteiger partial charge on any atom is 0.325 e. The van der Waals surface area contributed by atoms with Crippen LogP contribution >= 0.6 is 0 Å². The van der Waals surface area contributed by atoms with Crippen LogP contribution in [0.25, 0.3) is 0 Å². The van der Waals surface area contributed by atoms with Crippen LogP contribution in [-0.2, 0) is 9.59 Å². The molecule has 130 valence electrons. The first kappa shape index (κ1) is 17.5. The van der Waals surface area contributed by atoms with Gasteiger partial charge in [-0.05, 0) is 26.0 Å². The smallest absolute Gasteiger partial charge is 0.325 e. The Hall–Kier alpha value is -2.81. The number of carboxylic acid groups (broad SMARTS) is 1. The van der Waals surface area contributed by atoms with Gasteiger partial charge in [0.2, 0.25) is 12.7 Å². The van der Waals surface area contributed by atoms with Gasteiger partial charge in [0.15, 0.2) is 11.5 Å². The first-order chi connectivity index (χ1) is 11.3. The Morgan fingerprint density at radius 2 is 1.92 bits per heavy atom. The summed E-state index contributed by atoms with van der Waals surface area (Å²) < 4.78 is 10.4. The summed E-state index contributed by atoms with van der Waals surface area (Å²) in [5, 5.41) is 13.5. The Morgan fingerprint density at radius 1 is 1.21 bits per heavy atom. The number of aliphatic carboxylic acids is 1. The van der Waals surface area contributed by atoms with Gasteiger partial charge in [-0.1, -0.05) is 0 Å². The molecule has 24 heavy (non-hydrogen) atoms. The van der Waals surface area contributed by atoms with Gasteiger partial charge in [0, 0.05) is 17.8 Å². The number of ether oxygens (including phenoxy) is 2. The molecule has 0 atom stereocenters. The first-order valence-electron chi connectivity index (χ1n) is 7.31. The Bertz CT molecular complexity index is 646. The van der Waals surface area contributed by atoms with Crippen LogP contribution in [-0.4, -0.2) is 53.8 Å². The fraction of sp³-hybridized carbons (Fsp3) is 0.400. The number of anilines is 1. The quantitative estimate of drug-likeness (QED) is 0.704. The van der Waals surface area contributed by atoms with Gasteiger partial charge in [0.05, 0.1) is 13.1 Å². The minimum Gasteiger partial charge on any atom is -0.480 e. The van der Waals surface area contributed by atoms with Gasteiger partial charge in [-0.25, -0.2) is 4.79 Å². The highest BCUT2D eigenvalue weighted by Crippen LogP contribution is 2.34. The van der Waals surface area contributed by atoms with Crippen molar-refractivity contribution in [3.05, 3.63) is 18.2 Å². The van der Waals surface area contributed by atoms with Gasteiger partial charge in [0.25, 0.3) is 0 Å². The average molecular weight is 337 g/mol. The number of carbonyl (C=O) groups is 3. The molecule has 1 aromatic carbocycles. The zero-order chi connectivity index (χ0) is 17.7. The van der Waals surface area contributed by atoms with Crippen LogP contribution < -0.4 is 20.1 Å². The van der Waals surface area contributed by atoms with Crippen LogP contribution in [0.5, 0.6) is 11.5 Å². The van der Waals surface area contributed by atoms with E-state index in [4.69, 9.17) is 14.6 Å². The zero-order valence-corrected chi connectivity index (χ0v) is 13.4. The third-order valence-electron chi connectivity index (χ3n) is 3.30. The molecular formula is C15H19N3O6. The van der Waals surface area contributed by atoms with E-state index in [2.05, 4.69) is 10.6 Å². The maximum absolute atomic E-state index is 11.9. The van der Waals surface area contributed by atoms with Gasteiger partial charge >= 0.3 is 12.0 Å². The molecule has 2 rings (SSSR count). The highest BCUT2D eigenvalue weighted by atomic mass is 16.7. The summed E-state index contributed by atoms with van der Waals surface area (Å²) in [6.07, 6.45) is 0. The molecule has 0 fully saturated rings. The number of rotatable bonds is 6. The highest BCUT2D eigenvalue weighted by Gasteiger charge is 2.19. The van der Waals surface area contributed by atoms with E-state index in [0.717, 1.165) is 0 Å². The number of imide groups is 1. The third-order valence-corrected chi connectivity index (χ3v) is 3.30. The predicted molar refractivity (Wildman–Crippen MR) is 84.1 cm³/mol. The zero-order valence-electron chi connectivity index (χ0n) is 13.4. The lowest BCUT2D eigenvalue weighted by atomic mass is 10.3. The van der Waals surface area contributed by atoms with E-state index in [0.29, 0.717) is 17.2 Å². The van der Waals surface area contributed by atoms with Gasteiger partial charge in [0.1, 0.15) is 0 Å². The topological polar surface area (TPSA) is 117 Å². The predicted octanol–water partition coefficient (Wildman–Crippen LogP) is 0.858. The summed E-state index contributed by atoms with van der Waals surface area (Å²) in [7, 11) is 0. The minimum atomic E-state index is -1.04. The normalized spacial score (nSPS) is 12.3. The number of hydrogen-bond acceptors (Lipinski definition) is 6. The van der Waals surface area contributed by atoms with E-state index in [9.17, 15) is 14.4 Å². The second kappa shape index (κ2) is 7.64. The van der Waals surface area contributed by atoms with Gasteiger partial charge in [-0.15, -0.1) is 0 Å².